The molecule has 8 nitrogen and oxygen atoms in total. The van der Waals surface area contributed by atoms with E-state index < -0.39 is 34.3 Å². The Morgan fingerprint density at radius 1 is 0.950 bits per heavy atom. The van der Waals surface area contributed by atoms with E-state index in [-0.39, 0.29) is 29.1 Å². The molecule has 0 unspecified atom stereocenters. The number of benzene rings is 3. The van der Waals surface area contributed by atoms with Crippen LogP contribution in [0, 0.1) is 5.82 Å². The van der Waals surface area contributed by atoms with E-state index in [4.69, 9.17) is 4.74 Å². The van der Waals surface area contributed by atoms with Crippen LogP contribution in [0.2, 0.25) is 0 Å². The minimum absolute atomic E-state index is 0.0659. The van der Waals surface area contributed by atoms with Gasteiger partial charge in [-0.3, -0.25) is 13.9 Å². The van der Waals surface area contributed by atoms with Crippen molar-refractivity contribution in [1.29, 1.82) is 0 Å². The molecular formula is C30H36FN3O5S. The topological polar surface area (TPSA) is 96.0 Å². The fourth-order valence-corrected chi connectivity index (χ4v) is 5.46. The smallest absolute Gasteiger partial charge is 0.264 e. The van der Waals surface area contributed by atoms with Gasteiger partial charge in [-0.05, 0) is 80.8 Å². The van der Waals surface area contributed by atoms with Gasteiger partial charge in [0, 0.05) is 12.6 Å². The lowest BCUT2D eigenvalue weighted by Crippen LogP contribution is -2.53. The van der Waals surface area contributed by atoms with Crippen LogP contribution in [0.3, 0.4) is 0 Å². The first-order valence-electron chi connectivity index (χ1n) is 13.1. The van der Waals surface area contributed by atoms with Gasteiger partial charge in [-0.25, -0.2) is 12.8 Å². The van der Waals surface area contributed by atoms with Crippen LogP contribution in [-0.2, 0) is 26.0 Å². The second-order valence-electron chi connectivity index (χ2n) is 9.48. The zero-order valence-corrected chi connectivity index (χ0v) is 24.0. The normalized spacial score (nSPS) is 12.7. The number of ether oxygens (including phenoxy) is 1. The summed E-state index contributed by atoms with van der Waals surface area (Å²) < 4.78 is 47.4. The van der Waals surface area contributed by atoms with E-state index in [1.54, 1.807) is 6.92 Å². The van der Waals surface area contributed by atoms with E-state index >= 15 is 0 Å². The van der Waals surface area contributed by atoms with Gasteiger partial charge in [-0.15, -0.1) is 0 Å². The number of anilines is 1. The first-order valence-corrected chi connectivity index (χ1v) is 14.6. The molecule has 214 valence electrons. The zero-order valence-electron chi connectivity index (χ0n) is 23.2. The Morgan fingerprint density at radius 2 is 1.57 bits per heavy atom. The minimum Gasteiger partial charge on any atom is -0.497 e. The third-order valence-corrected chi connectivity index (χ3v) is 8.48. The Balaban J connectivity index is 1.97. The molecule has 0 saturated carbocycles. The summed E-state index contributed by atoms with van der Waals surface area (Å²) in [6, 6.07) is 19.2. The van der Waals surface area contributed by atoms with E-state index in [0.717, 1.165) is 28.4 Å². The highest BCUT2D eigenvalue weighted by molar-refractivity contribution is 7.92. The van der Waals surface area contributed by atoms with Crippen LogP contribution in [0.1, 0.15) is 32.8 Å². The fourth-order valence-electron chi connectivity index (χ4n) is 4.05. The number of sulfonamides is 1. The number of nitrogens with zero attached hydrogens (tertiary/aromatic N) is 2. The summed E-state index contributed by atoms with van der Waals surface area (Å²) in [6.45, 7) is 5.05. The van der Waals surface area contributed by atoms with Gasteiger partial charge < -0.3 is 15.0 Å². The molecule has 3 aromatic carbocycles. The molecule has 10 heteroatoms. The molecule has 3 rings (SSSR count). The predicted molar refractivity (Wildman–Crippen MR) is 153 cm³/mol. The summed E-state index contributed by atoms with van der Waals surface area (Å²) in [5.41, 5.74) is 1.08. The van der Waals surface area contributed by atoms with Crippen molar-refractivity contribution in [3.8, 4) is 5.75 Å². The lowest BCUT2D eigenvalue weighted by atomic mass is 10.1. The second-order valence-corrected chi connectivity index (χ2v) is 11.3. The van der Waals surface area contributed by atoms with Crippen LogP contribution in [0.15, 0.2) is 83.8 Å². The average molecular weight is 570 g/mol. The van der Waals surface area contributed by atoms with E-state index in [1.165, 1.54) is 48.4 Å². The van der Waals surface area contributed by atoms with Gasteiger partial charge in [-0.2, -0.15) is 0 Å². The SMILES string of the molecule is CC[C@H](C)NC(=O)[C@@H](C)N(CCc1ccccc1)C(=O)CN(c1ccc(F)cc1)S(=O)(=O)c1ccc(OC)cc1. The van der Waals surface area contributed by atoms with Gasteiger partial charge in [0.1, 0.15) is 24.2 Å². The molecule has 0 bridgehead atoms. The summed E-state index contributed by atoms with van der Waals surface area (Å²) in [4.78, 5) is 28.2. The van der Waals surface area contributed by atoms with E-state index in [2.05, 4.69) is 5.32 Å². The van der Waals surface area contributed by atoms with Crippen molar-refractivity contribution in [1.82, 2.24) is 10.2 Å². The number of rotatable bonds is 13. The van der Waals surface area contributed by atoms with Crippen molar-refractivity contribution in [3.05, 3.63) is 90.2 Å². The number of methoxy groups -OCH3 is 1. The van der Waals surface area contributed by atoms with Crippen LogP contribution in [0.4, 0.5) is 10.1 Å². The molecule has 2 amide bonds. The Bertz CT molecular complexity index is 1370. The third kappa shape index (κ3) is 7.81. The molecule has 3 aromatic rings. The number of hydrogen-bond acceptors (Lipinski definition) is 5. The monoisotopic (exact) mass is 569 g/mol. The van der Waals surface area contributed by atoms with Gasteiger partial charge in [0.05, 0.1) is 17.7 Å². The molecule has 0 saturated heterocycles. The van der Waals surface area contributed by atoms with Crippen LogP contribution >= 0.6 is 0 Å². The van der Waals surface area contributed by atoms with Crippen LogP contribution in [-0.4, -0.2) is 57.4 Å². The zero-order chi connectivity index (χ0) is 29.3. The van der Waals surface area contributed by atoms with E-state index in [1.807, 2.05) is 44.2 Å². The molecule has 0 fully saturated rings. The molecule has 0 aromatic heterocycles. The minimum atomic E-state index is -4.25. The van der Waals surface area contributed by atoms with Gasteiger partial charge in [0.2, 0.25) is 11.8 Å². The average Bonchev–Trinajstić information content (AvgIpc) is 2.96. The maximum Gasteiger partial charge on any atom is 0.264 e. The molecule has 0 aliphatic heterocycles. The summed E-state index contributed by atoms with van der Waals surface area (Å²) in [7, 11) is -2.78. The second kappa shape index (κ2) is 13.9. The molecule has 0 aliphatic rings. The molecule has 0 radical (unpaired) electrons. The Hall–Kier alpha value is -3.92. The fraction of sp³-hybridized carbons (Fsp3) is 0.333. The Morgan fingerprint density at radius 3 is 2.15 bits per heavy atom. The summed E-state index contributed by atoms with van der Waals surface area (Å²) in [6.07, 6.45) is 1.18. The molecule has 0 aliphatic carbocycles. The largest absolute Gasteiger partial charge is 0.497 e. The van der Waals surface area contributed by atoms with Gasteiger partial charge in [0.25, 0.3) is 10.0 Å². The van der Waals surface area contributed by atoms with Crippen LogP contribution in [0.5, 0.6) is 5.75 Å². The predicted octanol–water partition coefficient (Wildman–Crippen LogP) is 4.40. The quantitative estimate of drug-likeness (QED) is 0.329. The molecule has 0 heterocycles. The van der Waals surface area contributed by atoms with Crippen molar-refractivity contribution in [3.63, 3.8) is 0 Å². The standard InChI is InChI=1S/C30H36FN3O5S/c1-5-22(2)32-30(36)23(3)33(20-19-24-9-7-6-8-10-24)29(35)21-34(26-13-11-25(31)12-14-26)40(37,38)28-17-15-27(39-4)16-18-28/h6-18,22-23H,5,19-21H2,1-4H3,(H,32,36)/t22-,23+/m0/s1. The highest BCUT2D eigenvalue weighted by atomic mass is 32.2. The number of hydrogen-bond donors (Lipinski definition) is 1. The molecule has 1 N–H and O–H groups in total. The Labute approximate surface area is 235 Å². The van der Waals surface area contributed by atoms with Crippen molar-refractivity contribution in [2.24, 2.45) is 0 Å². The molecule has 2 atom stereocenters. The third-order valence-electron chi connectivity index (χ3n) is 6.69. The maximum absolute atomic E-state index is 13.8. The highest BCUT2D eigenvalue weighted by Crippen LogP contribution is 2.26. The van der Waals surface area contributed by atoms with Crippen LogP contribution < -0.4 is 14.4 Å². The Kier molecular flexibility index (Phi) is 10.7. The van der Waals surface area contributed by atoms with E-state index in [0.29, 0.717) is 12.2 Å². The number of nitrogens with one attached hydrogen (secondary N) is 1. The first-order chi connectivity index (χ1) is 19.1. The molecular weight excluding hydrogens is 533 g/mol. The summed E-state index contributed by atoms with van der Waals surface area (Å²) >= 11 is 0. The van der Waals surface area contributed by atoms with E-state index in [9.17, 15) is 22.4 Å². The van der Waals surface area contributed by atoms with Crippen molar-refractivity contribution >= 4 is 27.5 Å². The number of amides is 2. The number of halogens is 1. The van der Waals surface area contributed by atoms with Gasteiger partial charge in [0.15, 0.2) is 0 Å². The maximum atomic E-state index is 13.8. The lowest BCUT2D eigenvalue weighted by Gasteiger charge is -2.32. The summed E-state index contributed by atoms with van der Waals surface area (Å²) in [5.74, 6) is -0.973. The lowest BCUT2D eigenvalue weighted by molar-refractivity contribution is -0.139. The first kappa shape index (κ1) is 30.6. The van der Waals surface area contributed by atoms with Crippen molar-refractivity contribution in [2.75, 3.05) is 24.5 Å². The van der Waals surface area contributed by atoms with Crippen LogP contribution in [0.25, 0.3) is 0 Å². The molecule has 40 heavy (non-hydrogen) atoms. The van der Waals surface area contributed by atoms with Gasteiger partial charge in [-0.1, -0.05) is 37.3 Å². The highest BCUT2D eigenvalue weighted by Gasteiger charge is 2.32. The van der Waals surface area contributed by atoms with Crippen molar-refractivity contribution < 1.29 is 27.1 Å². The number of carbonyl (C=O) groups excluding carboxylic acids is 2. The van der Waals surface area contributed by atoms with Gasteiger partial charge >= 0.3 is 0 Å². The van der Waals surface area contributed by atoms with Crippen molar-refractivity contribution in [2.45, 2.75) is 50.6 Å². The number of carbonyl (C=O) groups is 2. The molecule has 0 spiro atoms. The summed E-state index contributed by atoms with van der Waals surface area (Å²) in [5, 5.41) is 2.90.